The maximum Gasteiger partial charge on any atom is 0.227 e. The lowest BCUT2D eigenvalue weighted by Gasteiger charge is -2.02. The summed E-state index contributed by atoms with van der Waals surface area (Å²) < 4.78 is 0. The summed E-state index contributed by atoms with van der Waals surface area (Å²) in [5, 5.41) is 2.86. The fraction of sp³-hybridized carbons (Fsp3) is 0.400. The van der Waals surface area contributed by atoms with Crippen LogP contribution in [0.25, 0.3) is 0 Å². The summed E-state index contributed by atoms with van der Waals surface area (Å²) in [6.07, 6.45) is 4.37. The molecular weight excluding hydrogens is 164 g/mol. The molecule has 0 radical (unpaired) electrons. The Balaban J connectivity index is 1.95. The second kappa shape index (κ2) is 3.17. The van der Waals surface area contributed by atoms with Crippen LogP contribution in [-0.2, 0) is 4.79 Å². The number of hydrogen-bond acceptors (Lipinski definition) is 2. The van der Waals surface area contributed by atoms with Gasteiger partial charge in [-0.3, -0.25) is 9.78 Å². The van der Waals surface area contributed by atoms with Gasteiger partial charge in [0.15, 0.2) is 0 Å². The summed E-state index contributed by atoms with van der Waals surface area (Å²) >= 11 is 0. The van der Waals surface area contributed by atoms with Crippen LogP contribution in [0.3, 0.4) is 0 Å². The van der Waals surface area contributed by atoms with Crippen molar-refractivity contribution in [3.8, 4) is 0 Å². The third-order valence-corrected chi connectivity index (χ3v) is 2.39. The van der Waals surface area contributed by atoms with Crippen molar-refractivity contribution in [2.75, 3.05) is 5.32 Å². The van der Waals surface area contributed by atoms with Crippen LogP contribution in [0.2, 0.25) is 0 Å². The minimum absolute atomic E-state index is 0.138. The van der Waals surface area contributed by atoms with Gasteiger partial charge in [0.25, 0.3) is 0 Å². The first-order valence-corrected chi connectivity index (χ1v) is 4.48. The summed E-state index contributed by atoms with van der Waals surface area (Å²) in [4.78, 5) is 15.3. The zero-order chi connectivity index (χ0) is 9.26. The Bertz CT molecular complexity index is 310. The van der Waals surface area contributed by atoms with Gasteiger partial charge in [0.05, 0.1) is 0 Å². The van der Waals surface area contributed by atoms with Crippen LogP contribution in [0.5, 0.6) is 0 Å². The molecule has 2 unspecified atom stereocenters. The minimum atomic E-state index is 0.138. The van der Waals surface area contributed by atoms with E-state index in [1.165, 1.54) is 0 Å². The number of nitrogens with zero attached hydrogens (tertiary/aromatic N) is 1. The van der Waals surface area contributed by atoms with E-state index in [4.69, 9.17) is 0 Å². The number of carbonyl (C=O) groups excluding carboxylic acids is 1. The highest BCUT2D eigenvalue weighted by Gasteiger charge is 2.38. The zero-order valence-electron chi connectivity index (χ0n) is 7.53. The van der Waals surface area contributed by atoms with E-state index < -0.39 is 0 Å². The van der Waals surface area contributed by atoms with Crippen molar-refractivity contribution >= 4 is 11.6 Å². The van der Waals surface area contributed by atoms with Gasteiger partial charge in [0.1, 0.15) is 0 Å². The fourth-order valence-electron chi connectivity index (χ4n) is 1.36. The summed E-state index contributed by atoms with van der Waals surface area (Å²) in [7, 11) is 0. The molecule has 3 heteroatoms. The molecule has 1 aliphatic rings. The van der Waals surface area contributed by atoms with Crippen molar-refractivity contribution < 1.29 is 4.79 Å². The lowest BCUT2D eigenvalue weighted by Crippen LogP contribution is -2.14. The Morgan fingerprint density at radius 1 is 1.54 bits per heavy atom. The second-order valence-corrected chi connectivity index (χ2v) is 3.54. The molecule has 3 nitrogen and oxygen atoms in total. The van der Waals surface area contributed by atoms with Gasteiger partial charge >= 0.3 is 0 Å². The monoisotopic (exact) mass is 176 g/mol. The van der Waals surface area contributed by atoms with E-state index in [1.807, 2.05) is 0 Å². The van der Waals surface area contributed by atoms with Crippen molar-refractivity contribution in [3.63, 3.8) is 0 Å². The molecule has 0 saturated heterocycles. The Morgan fingerprint density at radius 2 is 2.15 bits per heavy atom. The van der Waals surface area contributed by atoms with E-state index in [-0.39, 0.29) is 11.8 Å². The molecule has 0 spiro atoms. The molecule has 1 N–H and O–H groups in total. The highest BCUT2D eigenvalue weighted by Crippen LogP contribution is 2.38. The topological polar surface area (TPSA) is 42.0 Å². The summed E-state index contributed by atoms with van der Waals surface area (Å²) in [5.74, 6) is 0.925. The Labute approximate surface area is 77.2 Å². The second-order valence-electron chi connectivity index (χ2n) is 3.54. The molecule has 1 aromatic rings. The van der Waals surface area contributed by atoms with Crippen LogP contribution in [-0.4, -0.2) is 10.9 Å². The fourth-order valence-corrected chi connectivity index (χ4v) is 1.36. The molecule has 0 aliphatic heterocycles. The molecule has 1 heterocycles. The van der Waals surface area contributed by atoms with Crippen molar-refractivity contribution in [3.05, 3.63) is 24.5 Å². The molecule has 2 rings (SSSR count). The number of aromatic nitrogens is 1. The van der Waals surface area contributed by atoms with Crippen LogP contribution >= 0.6 is 0 Å². The summed E-state index contributed by atoms with van der Waals surface area (Å²) in [6.45, 7) is 2.09. The molecule has 0 aromatic carbocycles. The van der Waals surface area contributed by atoms with Crippen LogP contribution in [0.1, 0.15) is 13.3 Å². The quantitative estimate of drug-likeness (QED) is 0.744. The number of amides is 1. The smallest absolute Gasteiger partial charge is 0.227 e. The standard InChI is InChI=1S/C10H12N2O/c1-7-6-9(7)10(13)12-8-2-4-11-5-3-8/h2-5,7,9H,6H2,1H3,(H,11,12,13). The van der Waals surface area contributed by atoms with Gasteiger partial charge in [0, 0.05) is 24.0 Å². The van der Waals surface area contributed by atoms with Crippen molar-refractivity contribution in [1.82, 2.24) is 4.98 Å². The maximum atomic E-state index is 11.5. The van der Waals surface area contributed by atoms with Gasteiger partial charge in [-0.15, -0.1) is 0 Å². The molecule has 13 heavy (non-hydrogen) atoms. The number of anilines is 1. The molecule has 1 aliphatic carbocycles. The molecule has 1 fully saturated rings. The third kappa shape index (κ3) is 1.86. The summed E-state index contributed by atoms with van der Waals surface area (Å²) in [5.41, 5.74) is 0.833. The third-order valence-electron chi connectivity index (χ3n) is 2.39. The van der Waals surface area contributed by atoms with Gasteiger partial charge in [0.2, 0.25) is 5.91 Å². The van der Waals surface area contributed by atoms with E-state index >= 15 is 0 Å². The molecule has 1 aromatic heterocycles. The zero-order valence-corrected chi connectivity index (χ0v) is 7.53. The van der Waals surface area contributed by atoms with Crippen LogP contribution in [0.15, 0.2) is 24.5 Å². The minimum Gasteiger partial charge on any atom is -0.326 e. The van der Waals surface area contributed by atoms with Gasteiger partial charge in [-0.2, -0.15) is 0 Å². The average Bonchev–Trinajstić information content (AvgIpc) is 2.84. The molecule has 2 atom stereocenters. The predicted molar refractivity (Wildman–Crippen MR) is 50.1 cm³/mol. The van der Waals surface area contributed by atoms with Crippen molar-refractivity contribution in [1.29, 1.82) is 0 Å². The SMILES string of the molecule is CC1CC1C(=O)Nc1ccncc1. The molecule has 1 amide bonds. The van der Waals surface area contributed by atoms with Crippen LogP contribution < -0.4 is 5.32 Å². The van der Waals surface area contributed by atoms with E-state index in [0.29, 0.717) is 5.92 Å². The van der Waals surface area contributed by atoms with Crippen LogP contribution in [0.4, 0.5) is 5.69 Å². The number of hydrogen-bond donors (Lipinski definition) is 1. The van der Waals surface area contributed by atoms with Crippen molar-refractivity contribution in [2.45, 2.75) is 13.3 Å². The van der Waals surface area contributed by atoms with Gasteiger partial charge < -0.3 is 5.32 Å². The average molecular weight is 176 g/mol. The predicted octanol–water partition coefficient (Wildman–Crippen LogP) is 1.68. The largest absolute Gasteiger partial charge is 0.326 e. The Morgan fingerprint density at radius 3 is 2.69 bits per heavy atom. The van der Waals surface area contributed by atoms with Crippen molar-refractivity contribution in [2.24, 2.45) is 11.8 Å². The maximum absolute atomic E-state index is 11.5. The van der Waals surface area contributed by atoms with E-state index in [1.54, 1.807) is 24.5 Å². The van der Waals surface area contributed by atoms with Gasteiger partial charge in [-0.05, 0) is 24.5 Å². The normalized spacial score (nSPS) is 25.3. The van der Waals surface area contributed by atoms with E-state index in [9.17, 15) is 4.79 Å². The molecule has 1 saturated carbocycles. The number of rotatable bonds is 2. The number of nitrogens with one attached hydrogen (secondary N) is 1. The molecule has 0 bridgehead atoms. The first kappa shape index (κ1) is 8.23. The molecule has 68 valence electrons. The lowest BCUT2D eigenvalue weighted by molar-refractivity contribution is -0.117. The number of carbonyl (C=O) groups is 1. The Kier molecular flexibility index (Phi) is 2.00. The van der Waals surface area contributed by atoms with Crippen LogP contribution in [0, 0.1) is 11.8 Å². The first-order chi connectivity index (χ1) is 6.27. The Hall–Kier alpha value is -1.38. The van der Waals surface area contributed by atoms with E-state index in [2.05, 4.69) is 17.2 Å². The lowest BCUT2D eigenvalue weighted by atomic mass is 10.3. The molecular formula is C10H12N2O. The first-order valence-electron chi connectivity index (χ1n) is 4.48. The summed E-state index contributed by atoms with van der Waals surface area (Å²) in [6, 6.07) is 3.59. The van der Waals surface area contributed by atoms with Gasteiger partial charge in [-0.1, -0.05) is 6.92 Å². The van der Waals surface area contributed by atoms with Gasteiger partial charge in [-0.25, -0.2) is 0 Å². The highest BCUT2D eigenvalue weighted by atomic mass is 16.2. The number of pyridine rings is 1. The van der Waals surface area contributed by atoms with E-state index in [0.717, 1.165) is 12.1 Å². The highest BCUT2D eigenvalue weighted by molar-refractivity contribution is 5.94.